The Labute approximate surface area is 150 Å². The lowest BCUT2D eigenvalue weighted by atomic mass is 9.97. The molecule has 2 aliphatic heterocycles. The Morgan fingerprint density at radius 2 is 2.24 bits per heavy atom. The van der Waals surface area contributed by atoms with Gasteiger partial charge in [0.2, 0.25) is 0 Å². The Balaban J connectivity index is 1.63. The molecule has 0 aromatic heterocycles. The Morgan fingerprint density at radius 3 is 2.92 bits per heavy atom. The molecule has 0 aliphatic carbocycles. The van der Waals surface area contributed by atoms with Crippen molar-refractivity contribution in [1.29, 1.82) is 0 Å². The van der Waals surface area contributed by atoms with E-state index in [4.69, 9.17) is 9.47 Å². The fourth-order valence-electron chi connectivity index (χ4n) is 3.72. The van der Waals surface area contributed by atoms with E-state index >= 15 is 0 Å². The zero-order valence-corrected chi connectivity index (χ0v) is 15.8. The molecule has 2 atom stereocenters. The van der Waals surface area contributed by atoms with Crippen molar-refractivity contribution in [3.05, 3.63) is 29.3 Å². The largest absolute Gasteiger partial charge is 0.487 e. The average Bonchev–Trinajstić information content (AvgIpc) is 3.16. The highest BCUT2D eigenvalue weighted by Gasteiger charge is 2.30. The molecule has 0 radical (unpaired) electrons. The van der Waals surface area contributed by atoms with Crippen molar-refractivity contribution in [2.75, 3.05) is 26.8 Å². The van der Waals surface area contributed by atoms with Gasteiger partial charge >= 0.3 is 6.03 Å². The zero-order valence-electron chi connectivity index (χ0n) is 15.8. The molecule has 138 valence electrons. The number of nitrogens with one attached hydrogen (secondary N) is 1. The smallest absolute Gasteiger partial charge is 0.317 e. The predicted molar refractivity (Wildman–Crippen MR) is 98.0 cm³/mol. The summed E-state index contributed by atoms with van der Waals surface area (Å²) < 4.78 is 11.3. The van der Waals surface area contributed by atoms with Gasteiger partial charge in [-0.3, -0.25) is 0 Å². The Morgan fingerprint density at radius 1 is 1.44 bits per heavy atom. The van der Waals surface area contributed by atoms with Gasteiger partial charge in [-0.15, -0.1) is 0 Å². The third kappa shape index (κ3) is 4.27. The van der Waals surface area contributed by atoms with Gasteiger partial charge < -0.3 is 19.7 Å². The molecule has 0 saturated carbocycles. The Bertz CT molecular complexity index is 623. The van der Waals surface area contributed by atoms with Crippen LogP contribution in [0.15, 0.2) is 18.2 Å². The summed E-state index contributed by atoms with van der Waals surface area (Å²) in [6.45, 7) is 8.62. The van der Waals surface area contributed by atoms with Crippen molar-refractivity contribution in [3.8, 4) is 5.75 Å². The van der Waals surface area contributed by atoms with Gasteiger partial charge in [0.1, 0.15) is 11.4 Å². The summed E-state index contributed by atoms with van der Waals surface area (Å²) in [4.78, 5) is 14.3. The van der Waals surface area contributed by atoms with E-state index in [2.05, 4.69) is 38.2 Å². The van der Waals surface area contributed by atoms with E-state index in [1.54, 1.807) is 4.90 Å². The van der Waals surface area contributed by atoms with Crippen molar-refractivity contribution >= 4 is 6.03 Å². The number of amides is 2. The highest BCUT2D eigenvalue weighted by molar-refractivity contribution is 5.74. The maximum Gasteiger partial charge on any atom is 0.317 e. The summed E-state index contributed by atoms with van der Waals surface area (Å²) in [6, 6.07) is 6.29. The molecule has 5 nitrogen and oxygen atoms in total. The molecule has 1 saturated heterocycles. The van der Waals surface area contributed by atoms with Crippen LogP contribution in [0, 0.1) is 5.92 Å². The quantitative estimate of drug-likeness (QED) is 0.887. The number of benzene rings is 1. The highest BCUT2D eigenvalue weighted by atomic mass is 16.5. The molecule has 1 aromatic rings. The number of rotatable bonds is 5. The standard InChI is InChI=1S/C20H30N2O3/c1-5-17(21-19(23)22(4)12-14-8-9-24-13-14)15-6-7-18-16(10-15)11-20(2,3)25-18/h6-7,10,14,17H,5,8-9,11-13H2,1-4H3,(H,21,23)/t14-,17-/m0/s1. The van der Waals surface area contributed by atoms with E-state index in [0.29, 0.717) is 5.92 Å². The molecule has 0 spiro atoms. The first-order valence-electron chi connectivity index (χ1n) is 9.29. The Kier molecular flexibility index (Phi) is 5.23. The molecule has 1 N–H and O–H groups in total. The molecule has 2 aliphatic rings. The highest BCUT2D eigenvalue weighted by Crippen LogP contribution is 2.36. The van der Waals surface area contributed by atoms with Crippen LogP contribution in [0.5, 0.6) is 5.75 Å². The number of ether oxygens (including phenoxy) is 2. The molecule has 25 heavy (non-hydrogen) atoms. The van der Waals surface area contributed by atoms with Crippen LogP contribution in [0.4, 0.5) is 4.79 Å². The van der Waals surface area contributed by atoms with Gasteiger partial charge in [-0.25, -0.2) is 4.79 Å². The molecule has 1 aromatic carbocycles. The van der Waals surface area contributed by atoms with Gasteiger partial charge in [0.25, 0.3) is 0 Å². The molecule has 2 amide bonds. The second-order valence-corrected chi connectivity index (χ2v) is 7.93. The topological polar surface area (TPSA) is 50.8 Å². The first kappa shape index (κ1) is 18.1. The molecular formula is C20H30N2O3. The van der Waals surface area contributed by atoms with E-state index in [9.17, 15) is 4.79 Å². The fraction of sp³-hybridized carbons (Fsp3) is 0.650. The number of hydrogen-bond acceptors (Lipinski definition) is 3. The average molecular weight is 346 g/mol. The summed E-state index contributed by atoms with van der Waals surface area (Å²) >= 11 is 0. The van der Waals surface area contributed by atoms with Gasteiger partial charge in [-0.05, 0) is 49.9 Å². The molecular weight excluding hydrogens is 316 g/mol. The monoisotopic (exact) mass is 346 g/mol. The molecule has 3 rings (SSSR count). The van der Waals surface area contributed by atoms with Crippen LogP contribution in [0.25, 0.3) is 0 Å². The lowest BCUT2D eigenvalue weighted by Gasteiger charge is -2.25. The van der Waals surface area contributed by atoms with E-state index in [-0.39, 0.29) is 17.7 Å². The first-order valence-corrected chi connectivity index (χ1v) is 9.29. The van der Waals surface area contributed by atoms with Crippen LogP contribution in [0.1, 0.15) is 50.8 Å². The maximum atomic E-state index is 12.6. The van der Waals surface area contributed by atoms with Crippen molar-refractivity contribution in [2.45, 2.75) is 51.7 Å². The summed E-state index contributed by atoms with van der Waals surface area (Å²) in [6.07, 6.45) is 2.80. The zero-order chi connectivity index (χ0) is 18.0. The lowest BCUT2D eigenvalue weighted by Crippen LogP contribution is -2.41. The number of urea groups is 1. The number of hydrogen-bond donors (Lipinski definition) is 1. The fourth-order valence-corrected chi connectivity index (χ4v) is 3.72. The third-order valence-electron chi connectivity index (χ3n) is 5.10. The maximum absolute atomic E-state index is 12.6. The first-order chi connectivity index (χ1) is 11.9. The summed E-state index contributed by atoms with van der Waals surface area (Å²) in [7, 11) is 1.86. The number of carbonyl (C=O) groups is 1. The van der Waals surface area contributed by atoms with Crippen LogP contribution in [-0.2, 0) is 11.2 Å². The van der Waals surface area contributed by atoms with Crippen LogP contribution in [0.2, 0.25) is 0 Å². The van der Waals surface area contributed by atoms with Crippen LogP contribution < -0.4 is 10.1 Å². The second-order valence-electron chi connectivity index (χ2n) is 7.93. The van der Waals surface area contributed by atoms with E-state index in [0.717, 1.165) is 50.3 Å². The normalized spacial score (nSPS) is 22.2. The van der Waals surface area contributed by atoms with Crippen molar-refractivity contribution < 1.29 is 14.3 Å². The lowest BCUT2D eigenvalue weighted by molar-refractivity contribution is 0.138. The van der Waals surface area contributed by atoms with Crippen molar-refractivity contribution in [3.63, 3.8) is 0 Å². The minimum absolute atomic E-state index is 0.0174. The van der Waals surface area contributed by atoms with E-state index < -0.39 is 0 Å². The van der Waals surface area contributed by atoms with Gasteiger partial charge in [0, 0.05) is 32.5 Å². The van der Waals surface area contributed by atoms with E-state index in [1.165, 1.54) is 5.56 Å². The van der Waals surface area contributed by atoms with Crippen LogP contribution in [-0.4, -0.2) is 43.3 Å². The SMILES string of the molecule is CC[C@H](NC(=O)N(C)C[C@@H]1CCOC1)c1ccc2c(c1)CC(C)(C)O2. The second kappa shape index (κ2) is 7.24. The molecule has 0 bridgehead atoms. The molecule has 2 heterocycles. The summed E-state index contributed by atoms with van der Waals surface area (Å²) in [5.41, 5.74) is 2.23. The van der Waals surface area contributed by atoms with Crippen molar-refractivity contribution in [1.82, 2.24) is 10.2 Å². The summed E-state index contributed by atoms with van der Waals surface area (Å²) in [5, 5.41) is 3.17. The number of carbonyl (C=O) groups excluding carboxylic acids is 1. The van der Waals surface area contributed by atoms with Gasteiger partial charge in [0.05, 0.1) is 12.6 Å². The number of nitrogens with zero attached hydrogens (tertiary/aromatic N) is 1. The van der Waals surface area contributed by atoms with Gasteiger partial charge in [-0.2, -0.15) is 0 Å². The summed E-state index contributed by atoms with van der Waals surface area (Å²) in [5.74, 6) is 1.42. The minimum Gasteiger partial charge on any atom is -0.487 e. The molecule has 0 unspecified atom stereocenters. The number of fused-ring (bicyclic) bond motifs is 1. The minimum atomic E-state index is -0.143. The predicted octanol–water partition coefficient (Wildman–Crippen LogP) is 3.53. The molecule has 5 heteroatoms. The van der Waals surface area contributed by atoms with Gasteiger partial charge in [0.15, 0.2) is 0 Å². The van der Waals surface area contributed by atoms with Crippen molar-refractivity contribution in [2.24, 2.45) is 5.92 Å². The molecule has 1 fully saturated rings. The van der Waals surface area contributed by atoms with E-state index in [1.807, 2.05) is 13.1 Å². The Hall–Kier alpha value is -1.75. The third-order valence-corrected chi connectivity index (χ3v) is 5.10. The van der Waals surface area contributed by atoms with Crippen LogP contribution in [0.3, 0.4) is 0 Å². The van der Waals surface area contributed by atoms with Crippen LogP contribution >= 0.6 is 0 Å². The van der Waals surface area contributed by atoms with Gasteiger partial charge in [-0.1, -0.05) is 13.0 Å².